The van der Waals surface area contributed by atoms with E-state index < -0.39 is 17.7 Å². The number of likely N-dealkylation sites (N-methyl/N-ethyl adjacent to an activating group) is 1. The summed E-state index contributed by atoms with van der Waals surface area (Å²) in [6.07, 6.45) is 0. The zero-order valence-electron chi connectivity index (χ0n) is 11.7. The molecule has 2 N–H and O–H groups in total. The van der Waals surface area contributed by atoms with E-state index in [1.807, 2.05) is 0 Å². The summed E-state index contributed by atoms with van der Waals surface area (Å²) in [6.45, 7) is 0.241. The van der Waals surface area contributed by atoms with Gasteiger partial charge in [-0.15, -0.1) is 0 Å². The molecule has 0 aliphatic rings. The van der Waals surface area contributed by atoms with Gasteiger partial charge in [-0.3, -0.25) is 4.90 Å². The first-order valence-corrected chi connectivity index (χ1v) is 6.62. The summed E-state index contributed by atoms with van der Waals surface area (Å²) in [5.41, 5.74) is 6.04. The van der Waals surface area contributed by atoms with Crippen molar-refractivity contribution in [3.8, 4) is 0 Å². The van der Waals surface area contributed by atoms with Gasteiger partial charge in [0.15, 0.2) is 0 Å². The van der Waals surface area contributed by atoms with Crippen LogP contribution in [0.3, 0.4) is 0 Å². The first-order chi connectivity index (χ1) is 10.0. The van der Waals surface area contributed by atoms with E-state index in [1.54, 1.807) is 30.1 Å². The average molecular weight is 294 g/mol. The van der Waals surface area contributed by atoms with Gasteiger partial charge >= 0.3 is 0 Å². The molecule has 0 heterocycles. The van der Waals surface area contributed by atoms with Crippen LogP contribution in [-0.4, -0.2) is 18.5 Å². The van der Waals surface area contributed by atoms with Crippen molar-refractivity contribution in [3.05, 3.63) is 71.0 Å². The van der Waals surface area contributed by atoms with Crippen LogP contribution >= 0.6 is 0 Å². The van der Waals surface area contributed by atoms with Crippen molar-refractivity contribution in [2.75, 3.05) is 13.6 Å². The van der Waals surface area contributed by atoms with Crippen LogP contribution in [0.2, 0.25) is 0 Å². The fraction of sp³-hybridized carbons (Fsp3) is 0.250. The lowest BCUT2D eigenvalue weighted by atomic mass is 10.0. The molecule has 0 spiro atoms. The molecule has 2 aromatic rings. The fourth-order valence-electron chi connectivity index (χ4n) is 2.35. The Morgan fingerprint density at radius 1 is 0.952 bits per heavy atom. The smallest absolute Gasteiger partial charge is 0.130 e. The highest BCUT2D eigenvalue weighted by Gasteiger charge is 2.23. The Kier molecular flexibility index (Phi) is 4.98. The molecule has 112 valence electrons. The maximum absolute atomic E-state index is 13.9. The predicted octanol–water partition coefficient (Wildman–Crippen LogP) is 3.24. The van der Waals surface area contributed by atoms with Crippen molar-refractivity contribution in [3.63, 3.8) is 0 Å². The Bertz CT molecular complexity index is 596. The van der Waals surface area contributed by atoms with Crippen LogP contribution in [0.15, 0.2) is 42.5 Å². The van der Waals surface area contributed by atoms with Gasteiger partial charge in [0.25, 0.3) is 0 Å². The Morgan fingerprint density at radius 2 is 1.52 bits per heavy atom. The zero-order chi connectivity index (χ0) is 15.4. The van der Waals surface area contributed by atoms with Crippen molar-refractivity contribution in [1.29, 1.82) is 0 Å². The second-order valence-electron chi connectivity index (χ2n) is 4.89. The standard InChI is InChI=1S/C16H17F3N2/c1-21(10-11-5-2-3-6-12(11)17)15(9-20)16-13(18)7-4-8-14(16)19/h2-8,15H,9-10,20H2,1H3. The summed E-state index contributed by atoms with van der Waals surface area (Å²) in [5, 5.41) is 0. The molecular weight excluding hydrogens is 277 g/mol. The number of nitrogens with zero attached hydrogens (tertiary/aromatic N) is 1. The van der Waals surface area contributed by atoms with E-state index >= 15 is 0 Å². The van der Waals surface area contributed by atoms with E-state index in [0.29, 0.717) is 5.56 Å². The summed E-state index contributed by atoms with van der Waals surface area (Å²) in [6, 6.07) is 9.32. The molecular formula is C16H17F3N2. The van der Waals surface area contributed by atoms with Crippen molar-refractivity contribution in [2.24, 2.45) is 5.73 Å². The van der Waals surface area contributed by atoms with Gasteiger partial charge in [-0.2, -0.15) is 0 Å². The molecule has 1 unspecified atom stereocenters. The lowest BCUT2D eigenvalue weighted by Gasteiger charge is -2.28. The monoisotopic (exact) mass is 294 g/mol. The topological polar surface area (TPSA) is 29.3 Å². The first-order valence-electron chi connectivity index (χ1n) is 6.62. The molecule has 0 amide bonds. The maximum atomic E-state index is 13.9. The molecule has 0 saturated carbocycles. The highest BCUT2D eigenvalue weighted by atomic mass is 19.1. The van der Waals surface area contributed by atoms with Gasteiger partial charge in [-0.25, -0.2) is 13.2 Å². The molecule has 5 heteroatoms. The van der Waals surface area contributed by atoms with Crippen molar-refractivity contribution < 1.29 is 13.2 Å². The van der Waals surface area contributed by atoms with Crippen molar-refractivity contribution >= 4 is 0 Å². The second kappa shape index (κ2) is 6.74. The third-order valence-electron chi connectivity index (χ3n) is 3.47. The quantitative estimate of drug-likeness (QED) is 0.917. The normalized spacial score (nSPS) is 12.7. The molecule has 0 radical (unpaired) electrons. The van der Waals surface area contributed by atoms with Gasteiger partial charge in [0.2, 0.25) is 0 Å². The van der Waals surface area contributed by atoms with Crippen LogP contribution in [0.4, 0.5) is 13.2 Å². The van der Waals surface area contributed by atoms with E-state index in [-0.39, 0.29) is 24.5 Å². The third-order valence-corrected chi connectivity index (χ3v) is 3.47. The van der Waals surface area contributed by atoms with Gasteiger partial charge in [0.05, 0.1) is 6.04 Å². The summed E-state index contributed by atoms with van der Waals surface area (Å²) < 4.78 is 41.4. The SMILES string of the molecule is CN(Cc1ccccc1F)C(CN)c1c(F)cccc1F. The molecule has 0 saturated heterocycles. The molecule has 1 atom stereocenters. The number of benzene rings is 2. The van der Waals surface area contributed by atoms with E-state index in [1.165, 1.54) is 24.3 Å². The van der Waals surface area contributed by atoms with E-state index in [2.05, 4.69) is 0 Å². The van der Waals surface area contributed by atoms with Crippen molar-refractivity contribution in [2.45, 2.75) is 12.6 Å². The highest BCUT2D eigenvalue weighted by Crippen LogP contribution is 2.26. The molecule has 0 aromatic heterocycles. The average Bonchev–Trinajstić information content (AvgIpc) is 2.45. The molecule has 2 nitrogen and oxygen atoms in total. The minimum atomic E-state index is -0.661. The molecule has 2 aromatic carbocycles. The Hall–Kier alpha value is -1.85. The molecule has 0 aliphatic heterocycles. The summed E-state index contributed by atoms with van der Waals surface area (Å²) >= 11 is 0. The number of rotatable bonds is 5. The maximum Gasteiger partial charge on any atom is 0.130 e. The molecule has 0 fully saturated rings. The lowest BCUT2D eigenvalue weighted by Crippen LogP contribution is -2.32. The molecule has 21 heavy (non-hydrogen) atoms. The largest absolute Gasteiger partial charge is 0.329 e. The number of halogens is 3. The number of nitrogens with two attached hydrogens (primary N) is 1. The molecule has 0 bridgehead atoms. The van der Waals surface area contributed by atoms with Gasteiger partial charge in [0, 0.05) is 24.2 Å². The third kappa shape index (κ3) is 3.43. The lowest BCUT2D eigenvalue weighted by molar-refractivity contribution is 0.228. The van der Waals surface area contributed by atoms with Gasteiger partial charge < -0.3 is 5.73 Å². The second-order valence-corrected chi connectivity index (χ2v) is 4.89. The van der Waals surface area contributed by atoms with Gasteiger partial charge in [-0.05, 0) is 25.2 Å². The van der Waals surface area contributed by atoms with E-state index in [4.69, 9.17) is 5.73 Å². The zero-order valence-corrected chi connectivity index (χ0v) is 11.7. The summed E-state index contributed by atoms with van der Waals surface area (Å²) in [7, 11) is 1.66. The summed E-state index contributed by atoms with van der Waals surface area (Å²) in [5.74, 6) is -1.65. The minimum Gasteiger partial charge on any atom is -0.329 e. The van der Waals surface area contributed by atoms with Crippen LogP contribution < -0.4 is 5.73 Å². The van der Waals surface area contributed by atoms with E-state index in [0.717, 1.165) is 0 Å². The number of hydrogen-bond donors (Lipinski definition) is 1. The van der Waals surface area contributed by atoms with Crippen LogP contribution in [0.25, 0.3) is 0 Å². The van der Waals surface area contributed by atoms with E-state index in [9.17, 15) is 13.2 Å². The Morgan fingerprint density at radius 3 is 2.10 bits per heavy atom. The van der Waals surface area contributed by atoms with Crippen LogP contribution in [-0.2, 0) is 6.54 Å². The van der Waals surface area contributed by atoms with Crippen LogP contribution in [0.5, 0.6) is 0 Å². The first kappa shape index (κ1) is 15.5. The Labute approximate surface area is 122 Å². The van der Waals surface area contributed by atoms with Gasteiger partial charge in [0.1, 0.15) is 17.5 Å². The van der Waals surface area contributed by atoms with Gasteiger partial charge in [-0.1, -0.05) is 24.3 Å². The van der Waals surface area contributed by atoms with Crippen LogP contribution in [0.1, 0.15) is 17.2 Å². The highest BCUT2D eigenvalue weighted by molar-refractivity contribution is 5.24. The Balaban J connectivity index is 2.27. The van der Waals surface area contributed by atoms with Crippen molar-refractivity contribution in [1.82, 2.24) is 4.90 Å². The summed E-state index contributed by atoms with van der Waals surface area (Å²) in [4.78, 5) is 1.64. The number of hydrogen-bond acceptors (Lipinski definition) is 2. The molecule has 2 rings (SSSR count). The molecule has 0 aliphatic carbocycles. The predicted molar refractivity (Wildman–Crippen MR) is 76.0 cm³/mol. The fourth-order valence-corrected chi connectivity index (χ4v) is 2.35. The van der Waals surface area contributed by atoms with Crippen LogP contribution in [0, 0.1) is 17.5 Å². The minimum absolute atomic E-state index is 0.0306.